The van der Waals surface area contributed by atoms with Crippen LogP contribution in [0, 0.1) is 18.3 Å². The molecule has 0 spiro atoms. The third kappa shape index (κ3) is 2.48. The van der Waals surface area contributed by atoms with Gasteiger partial charge in [0.05, 0.1) is 23.1 Å². The van der Waals surface area contributed by atoms with Gasteiger partial charge in [0.2, 0.25) is 0 Å². The molecule has 0 saturated carbocycles. The second-order valence-corrected chi connectivity index (χ2v) is 5.51. The van der Waals surface area contributed by atoms with E-state index in [1.807, 2.05) is 6.07 Å². The molecule has 80 valence electrons. The summed E-state index contributed by atoms with van der Waals surface area (Å²) >= 11 is 0. The first-order valence-electron chi connectivity index (χ1n) is 3.99. The van der Waals surface area contributed by atoms with E-state index in [-0.39, 0.29) is 16.0 Å². The predicted molar refractivity (Wildman–Crippen MR) is 54.9 cm³/mol. The van der Waals surface area contributed by atoms with Crippen molar-refractivity contribution in [2.75, 3.05) is 0 Å². The largest absolute Gasteiger partial charge is 0.392 e. The molecule has 0 bridgehead atoms. The number of rotatable bonds is 2. The van der Waals surface area contributed by atoms with E-state index in [2.05, 4.69) is 0 Å². The summed E-state index contributed by atoms with van der Waals surface area (Å²) in [5.74, 6) is 0. The lowest BCUT2D eigenvalue weighted by atomic mass is 10.1. The number of aliphatic hydroxyl groups excluding tert-OH is 1. The molecule has 1 aromatic carbocycles. The molecule has 4 nitrogen and oxygen atoms in total. The third-order valence-electron chi connectivity index (χ3n) is 1.98. The van der Waals surface area contributed by atoms with Crippen LogP contribution in [0.25, 0.3) is 0 Å². The minimum Gasteiger partial charge on any atom is -0.392 e. The van der Waals surface area contributed by atoms with Crippen LogP contribution in [0.15, 0.2) is 17.0 Å². The molecule has 0 aliphatic rings. The van der Waals surface area contributed by atoms with E-state index < -0.39 is 15.7 Å². The molecule has 0 aromatic heterocycles. The van der Waals surface area contributed by atoms with Crippen molar-refractivity contribution in [3.05, 3.63) is 28.8 Å². The Kier molecular flexibility index (Phi) is 3.35. The Hall–Kier alpha value is -1.09. The van der Waals surface area contributed by atoms with Crippen LogP contribution in [0.5, 0.6) is 0 Å². The Bertz CT molecular complexity index is 531. The number of nitriles is 1. The fourth-order valence-corrected chi connectivity index (χ4v) is 2.47. The van der Waals surface area contributed by atoms with E-state index in [9.17, 15) is 8.42 Å². The summed E-state index contributed by atoms with van der Waals surface area (Å²) in [7, 11) is 1.26. The van der Waals surface area contributed by atoms with Gasteiger partial charge in [0.1, 0.15) is 0 Å². The Morgan fingerprint density at radius 1 is 1.53 bits per heavy atom. The topological polar surface area (TPSA) is 78.2 Å². The highest BCUT2D eigenvalue weighted by molar-refractivity contribution is 8.13. The van der Waals surface area contributed by atoms with Crippen LogP contribution < -0.4 is 0 Å². The lowest BCUT2D eigenvalue weighted by Gasteiger charge is -2.08. The van der Waals surface area contributed by atoms with E-state index in [1.54, 1.807) is 6.92 Å². The molecule has 0 radical (unpaired) electrons. The number of aliphatic hydroxyl groups is 1. The van der Waals surface area contributed by atoms with Gasteiger partial charge in [0, 0.05) is 16.2 Å². The van der Waals surface area contributed by atoms with Crippen LogP contribution in [-0.4, -0.2) is 13.5 Å². The van der Waals surface area contributed by atoms with Crippen LogP contribution in [0.2, 0.25) is 0 Å². The second-order valence-electron chi connectivity index (χ2n) is 2.98. The number of hydrogen-bond acceptors (Lipinski definition) is 4. The van der Waals surface area contributed by atoms with E-state index in [1.165, 1.54) is 6.07 Å². The monoisotopic (exact) mass is 245 g/mol. The van der Waals surface area contributed by atoms with Crippen molar-refractivity contribution >= 4 is 19.7 Å². The molecule has 6 heteroatoms. The molecule has 15 heavy (non-hydrogen) atoms. The van der Waals surface area contributed by atoms with Crippen molar-refractivity contribution in [3.63, 3.8) is 0 Å². The van der Waals surface area contributed by atoms with Crippen molar-refractivity contribution in [2.24, 2.45) is 0 Å². The SMILES string of the molecule is Cc1cc(C#N)cc(S(=O)(=O)Cl)c1CO. The Balaban J connectivity index is 3.63. The van der Waals surface area contributed by atoms with Gasteiger partial charge < -0.3 is 5.11 Å². The summed E-state index contributed by atoms with van der Waals surface area (Å²) in [6.45, 7) is 1.18. The maximum absolute atomic E-state index is 11.2. The minimum absolute atomic E-state index is 0.198. The first-order valence-corrected chi connectivity index (χ1v) is 6.30. The molecule has 0 fully saturated rings. The molecular formula is C9H8ClNO3S. The molecule has 1 aromatic rings. The van der Waals surface area contributed by atoms with Crippen molar-refractivity contribution in [1.82, 2.24) is 0 Å². The maximum Gasteiger partial charge on any atom is 0.261 e. The van der Waals surface area contributed by atoms with Crippen molar-refractivity contribution in [1.29, 1.82) is 5.26 Å². The standard InChI is InChI=1S/C9H8ClNO3S/c1-6-2-7(4-11)3-9(8(6)5-12)15(10,13)14/h2-3,12H,5H2,1H3. The summed E-state index contributed by atoms with van der Waals surface area (Å²) in [6, 6.07) is 4.48. The zero-order valence-corrected chi connectivity index (χ0v) is 9.43. The highest BCUT2D eigenvalue weighted by Gasteiger charge is 2.18. The van der Waals surface area contributed by atoms with Gasteiger partial charge in [-0.3, -0.25) is 0 Å². The fourth-order valence-electron chi connectivity index (χ4n) is 1.27. The zero-order chi connectivity index (χ0) is 11.6. The molecule has 0 heterocycles. The number of hydrogen-bond donors (Lipinski definition) is 1. The highest BCUT2D eigenvalue weighted by Crippen LogP contribution is 2.24. The van der Waals surface area contributed by atoms with Crippen molar-refractivity contribution in [2.45, 2.75) is 18.4 Å². The Labute approximate surface area is 92.1 Å². The van der Waals surface area contributed by atoms with E-state index in [0.717, 1.165) is 6.07 Å². The Morgan fingerprint density at radius 3 is 2.53 bits per heavy atom. The van der Waals surface area contributed by atoms with Gasteiger partial charge in [-0.25, -0.2) is 8.42 Å². The lowest BCUT2D eigenvalue weighted by molar-refractivity contribution is 0.277. The number of nitrogens with zero attached hydrogens (tertiary/aromatic N) is 1. The van der Waals surface area contributed by atoms with Crippen molar-refractivity contribution in [3.8, 4) is 6.07 Å². The third-order valence-corrected chi connectivity index (χ3v) is 3.37. The molecule has 0 unspecified atom stereocenters. The average Bonchev–Trinajstić information content (AvgIpc) is 2.15. The van der Waals surface area contributed by atoms with Crippen molar-refractivity contribution < 1.29 is 13.5 Å². The first kappa shape index (κ1) is 12.0. The van der Waals surface area contributed by atoms with Gasteiger partial charge in [0.25, 0.3) is 9.05 Å². The van der Waals surface area contributed by atoms with E-state index in [0.29, 0.717) is 5.56 Å². The van der Waals surface area contributed by atoms with Gasteiger partial charge in [-0.15, -0.1) is 0 Å². The smallest absolute Gasteiger partial charge is 0.261 e. The summed E-state index contributed by atoms with van der Waals surface area (Å²) < 4.78 is 22.4. The van der Waals surface area contributed by atoms with Gasteiger partial charge in [-0.05, 0) is 24.6 Å². The van der Waals surface area contributed by atoms with Crippen LogP contribution in [0.1, 0.15) is 16.7 Å². The van der Waals surface area contributed by atoms with Crippen LogP contribution in [0.4, 0.5) is 0 Å². The molecular weight excluding hydrogens is 238 g/mol. The summed E-state index contributed by atoms with van der Waals surface area (Å²) in [5.41, 5.74) is 0.948. The van der Waals surface area contributed by atoms with Crippen LogP contribution >= 0.6 is 10.7 Å². The zero-order valence-electron chi connectivity index (χ0n) is 7.86. The number of aryl methyl sites for hydroxylation is 1. The average molecular weight is 246 g/mol. The van der Waals surface area contributed by atoms with Crippen LogP contribution in [0.3, 0.4) is 0 Å². The molecule has 1 rings (SSSR count). The Morgan fingerprint density at radius 2 is 2.13 bits per heavy atom. The molecule has 0 aliphatic heterocycles. The number of halogens is 1. The van der Waals surface area contributed by atoms with Gasteiger partial charge in [0.15, 0.2) is 0 Å². The second kappa shape index (κ2) is 4.19. The number of benzene rings is 1. The maximum atomic E-state index is 11.2. The summed E-state index contributed by atoms with van der Waals surface area (Å²) in [5, 5.41) is 17.7. The first-order chi connectivity index (χ1) is 6.90. The van der Waals surface area contributed by atoms with Gasteiger partial charge in [-0.2, -0.15) is 5.26 Å². The summed E-state index contributed by atoms with van der Waals surface area (Å²) in [4.78, 5) is -0.205. The molecule has 0 aliphatic carbocycles. The van der Waals surface area contributed by atoms with Gasteiger partial charge in [-0.1, -0.05) is 0 Å². The molecule has 1 N–H and O–H groups in total. The normalized spacial score (nSPS) is 11.1. The van der Waals surface area contributed by atoms with Gasteiger partial charge >= 0.3 is 0 Å². The summed E-state index contributed by atoms with van der Waals surface area (Å²) in [6.07, 6.45) is 0. The molecule has 0 saturated heterocycles. The van der Waals surface area contributed by atoms with E-state index >= 15 is 0 Å². The lowest BCUT2D eigenvalue weighted by Crippen LogP contribution is -2.02. The predicted octanol–water partition coefficient (Wildman–Crippen LogP) is 1.29. The quantitative estimate of drug-likeness (QED) is 0.797. The van der Waals surface area contributed by atoms with E-state index in [4.69, 9.17) is 21.1 Å². The van der Waals surface area contributed by atoms with Crippen LogP contribution in [-0.2, 0) is 15.7 Å². The fraction of sp³-hybridized carbons (Fsp3) is 0.222. The minimum atomic E-state index is -3.94. The highest BCUT2D eigenvalue weighted by atomic mass is 35.7. The molecule has 0 amide bonds. The molecule has 0 atom stereocenters.